The number of alkyl halides is 2. The van der Waals surface area contributed by atoms with Crippen molar-refractivity contribution in [3.8, 4) is 23.0 Å². The van der Waals surface area contributed by atoms with E-state index in [2.05, 4.69) is 10.1 Å². The van der Waals surface area contributed by atoms with Crippen molar-refractivity contribution in [3.63, 3.8) is 0 Å². The summed E-state index contributed by atoms with van der Waals surface area (Å²) < 4.78 is 39.4. The molecule has 0 atom stereocenters. The molecule has 9 heteroatoms. The van der Waals surface area contributed by atoms with Crippen molar-refractivity contribution < 1.29 is 32.9 Å². The first-order valence-corrected chi connectivity index (χ1v) is 7.85. The Morgan fingerprint density at radius 1 is 1.11 bits per heavy atom. The number of phenols is 1. The number of benzene rings is 2. The summed E-state index contributed by atoms with van der Waals surface area (Å²) in [6.45, 7) is -2.78. The lowest BCUT2D eigenvalue weighted by Crippen LogP contribution is -2.30. The summed E-state index contributed by atoms with van der Waals surface area (Å²) in [5.41, 5.74) is 1.00. The van der Waals surface area contributed by atoms with E-state index in [1.165, 1.54) is 43.4 Å². The van der Waals surface area contributed by atoms with Crippen LogP contribution >= 0.6 is 0 Å². The van der Waals surface area contributed by atoms with Crippen molar-refractivity contribution in [1.82, 2.24) is 4.90 Å². The quantitative estimate of drug-likeness (QED) is 0.764. The molecule has 0 fully saturated rings. The highest BCUT2D eigenvalue weighted by molar-refractivity contribution is 5.89. The highest BCUT2D eigenvalue weighted by atomic mass is 19.3. The van der Waals surface area contributed by atoms with Crippen LogP contribution < -0.4 is 19.5 Å². The lowest BCUT2D eigenvalue weighted by atomic mass is 10.2. The molecule has 0 heterocycles. The van der Waals surface area contributed by atoms with Gasteiger partial charge in [-0.05, 0) is 29.8 Å². The number of carbonyl (C=O) groups excluding carboxylic acids is 1. The number of anilines is 1. The van der Waals surface area contributed by atoms with E-state index in [1.807, 2.05) is 0 Å². The first-order valence-electron chi connectivity index (χ1n) is 7.85. The molecule has 0 aromatic heterocycles. The molecule has 0 aliphatic carbocycles. The van der Waals surface area contributed by atoms with E-state index in [4.69, 9.17) is 9.47 Å². The van der Waals surface area contributed by atoms with Crippen molar-refractivity contribution >= 4 is 11.7 Å². The molecule has 0 radical (unpaired) electrons. The van der Waals surface area contributed by atoms with Crippen LogP contribution in [0.4, 0.5) is 19.3 Å². The number of phenolic OH excluding ortho intramolecular Hbond substituents is 1. The fraction of sp³-hybridized carbons (Fsp3) is 0.278. The maximum Gasteiger partial charge on any atom is 0.387 e. The SMILES string of the molecule is COc1cc(CN(C)C(=O)Nc2ccc(OC)c(OC(F)F)c2)ccc1O. The number of nitrogens with zero attached hydrogens (tertiary/aromatic N) is 1. The molecule has 2 amide bonds. The number of rotatable bonds is 7. The predicted octanol–water partition coefficient (Wildman–Crippen LogP) is 3.67. The molecule has 0 spiro atoms. The number of carbonyl (C=O) groups is 1. The summed E-state index contributed by atoms with van der Waals surface area (Å²) in [7, 11) is 4.32. The number of ether oxygens (including phenoxy) is 3. The van der Waals surface area contributed by atoms with Crippen molar-refractivity contribution in [1.29, 1.82) is 0 Å². The van der Waals surface area contributed by atoms with E-state index in [0.29, 0.717) is 5.75 Å². The normalized spacial score (nSPS) is 10.4. The Labute approximate surface area is 155 Å². The molecule has 2 rings (SSSR count). The summed E-state index contributed by atoms with van der Waals surface area (Å²) >= 11 is 0. The molecule has 0 saturated carbocycles. The number of hydrogen-bond acceptors (Lipinski definition) is 5. The Balaban J connectivity index is 2.07. The van der Waals surface area contributed by atoms with E-state index >= 15 is 0 Å². The molecule has 0 aliphatic rings. The van der Waals surface area contributed by atoms with E-state index in [1.54, 1.807) is 19.2 Å². The van der Waals surface area contributed by atoms with Gasteiger partial charge >= 0.3 is 12.6 Å². The van der Waals surface area contributed by atoms with Gasteiger partial charge in [0.1, 0.15) is 0 Å². The molecule has 146 valence electrons. The highest BCUT2D eigenvalue weighted by Gasteiger charge is 2.15. The summed E-state index contributed by atoms with van der Waals surface area (Å²) in [5, 5.41) is 12.2. The number of methoxy groups -OCH3 is 2. The van der Waals surface area contributed by atoms with Crippen LogP contribution in [0.15, 0.2) is 36.4 Å². The van der Waals surface area contributed by atoms with Crippen molar-refractivity contribution in [3.05, 3.63) is 42.0 Å². The second-order valence-corrected chi connectivity index (χ2v) is 5.54. The second-order valence-electron chi connectivity index (χ2n) is 5.54. The topological polar surface area (TPSA) is 80.3 Å². The van der Waals surface area contributed by atoms with Gasteiger partial charge in [-0.2, -0.15) is 8.78 Å². The molecule has 27 heavy (non-hydrogen) atoms. The zero-order valence-corrected chi connectivity index (χ0v) is 15.0. The lowest BCUT2D eigenvalue weighted by Gasteiger charge is -2.19. The minimum Gasteiger partial charge on any atom is -0.504 e. The Morgan fingerprint density at radius 2 is 1.81 bits per heavy atom. The van der Waals surface area contributed by atoms with Crippen LogP contribution in [-0.2, 0) is 6.54 Å². The van der Waals surface area contributed by atoms with Crippen LogP contribution in [0.2, 0.25) is 0 Å². The minimum absolute atomic E-state index is 0.00172. The molecular weight excluding hydrogens is 362 g/mol. The van der Waals surface area contributed by atoms with Gasteiger partial charge in [-0.25, -0.2) is 4.79 Å². The van der Waals surface area contributed by atoms with E-state index in [-0.39, 0.29) is 29.5 Å². The van der Waals surface area contributed by atoms with Gasteiger partial charge in [0.05, 0.1) is 14.2 Å². The van der Waals surface area contributed by atoms with E-state index < -0.39 is 12.6 Å². The first-order chi connectivity index (χ1) is 12.8. The second kappa shape index (κ2) is 8.93. The standard InChI is InChI=1S/C18H20F2N2O5/c1-22(10-11-4-6-13(23)15(8-11)26-3)18(24)21-12-5-7-14(25-2)16(9-12)27-17(19)20/h4-9,17,23H,10H2,1-3H3,(H,21,24). The lowest BCUT2D eigenvalue weighted by molar-refractivity contribution is -0.0511. The van der Waals surface area contributed by atoms with Gasteiger partial charge < -0.3 is 29.5 Å². The molecule has 7 nitrogen and oxygen atoms in total. The van der Waals surface area contributed by atoms with Gasteiger partial charge in [0, 0.05) is 25.3 Å². The fourth-order valence-corrected chi connectivity index (χ4v) is 2.33. The van der Waals surface area contributed by atoms with E-state index in [9.17, 15) is 18.7 Å². The maximum atomic E-state index is 12.5. The smallest absolute Gasteiger partial charge is 0.387 e. The third-order valence-corrected chi connectivity index (χ3v) is 3.64. The molecule has 2 aromatic carbocycles. The summed E-state index contributed by atoms with van der Waals surface area (Å²) in [4.78, 5) is 13.7. The summed E-state index contributed by atoms with van der Waals surface area (Å²) in [5.74, 6) is 0.234. The number of nitrogens with one attached hydrogen (secondary N) is 1. The van der Waals surface area contributed by atoms with Gasteiger partial charge in [0.2, 0.25) is 0 Å². The Bertz CT molecular complexity index is 801. The van der Waals surface area contributed by atoms with Crippen LogP contribution in [-0.4, -0.2) is 43.9 Å². The third-order valence-electron chi connectivity index (χ3n) is 3.64. The Kier molecular flexibility index (Phi) is 6.64. The molecule has 2 aromatic rings. The predicted molar refractivity (Wildman–Crippen MR) is 94.8 cm³/mol. The molecule has 0 saturated heterocycles. The van der Waals surface area contributed by atoms with Gasteiger partial charge in [-0.1, -0.05) is 6.07 Å². The number of hydrogen-bond donors (Lipinski definition) is 2. The van der Waals surface area contributed by atoms with Gasteiger partial charge in [-0.15, -0.1) is 0 Å². The van der Waals surface area contributed by atoms with Crippen molar-refractivity contribution in [2.75, 3.05) is 26.6 Å². The zero-order valence-electron chi connectivity index (χ0n) is 15.0. The van der Waals surface area contributed by atoms with Crippen LogP contribution in [0, 0.1) is 0 Å². The highest BCUT2D eigenvalue weighted by Crippen LogP contribution is 2.31. The summed E-state index contributed by atoms with van der Waals surface area (Å²) in [6, 6.07) is 8.45. The van der Waals surface area contributed by atoms with Crippen molar-refractivity contribution in [2.24, 2.45) is 0 Å². The van der Waals surface area contributed by atoms with Crippen LogP contribution in [0.3, 0.4) is 0 Å². The summed E-state index contributed by atoms with van der Waals surface area (Å²) in [6.07, 6.45) is 0. The third kappa shape index (κ3) is 5.37. The van der Waals surface area contributed by atoms with Gasteiger partial charge in [-0.3, -0.25) is 0 Å². The minimum atomic E-state index is -3.02. The number of halogens is 2. The van der Waals surface area contributed by atoms with Gasteiger partial charge in [0.25, 0.3) is 0 Å². The molecular formula is C18H20F2N2O5. The molecule has 0 bridgehead atoms. The number of aromatic hydroxyl groups is 1. The van der Waals surface area contributed by atoms with Crippen molar-refractivity contribution in [2.45, 2.75) is 13.2 Å². The zero-order chi connectivity index (χ0) is 20.0. The fourth-order valence-electron chi connectivity index (χ4n) is 2.33. The monoisotopic (exact) mass is 382 g/mol. The van der Waals surface area contributed by atoms with Crippen LogP contribution in [0.5, 0.6) is 23.0 Å². The molecule has 2 N–H and O–H groups in total. The van der Waals surface area contributed by atoms with Gasteiger partial charge in [0.15, 0.2) is 23.0 Å². The average molecular weight is 382 g/mol. The molecule has 0 aliphatic heterocycles. The van der Waals surface area contributed by atoms with Crippen LogP contribution in [0.1, 0.15) is 5.56 Å². The Hall–Kier alpha value is -3.23. The largest absolute Gasteiger partial charge is 0.504 e. The number of amides is 2. The van der Waals surface area contributed by atoms with Crippen LogP contribution in [0.25, 0.3) is 0 Å². The molecule has 0 unspecified atom stereocenters. The number of urea groups is 1. The Morgan fingerprint density at radius 3 is 2.44 bits per heavy atom. The first kappa shape index (κ1) is 20.1. The average Bonchev–Trinajstić information content (AvgIpc) is 2.63. The maximum absolute atomic E-state index is 12.5. The van der Waals surface area contributed by atoms with E-state index in [0.717, 1.165) is 5.56 Å².